The van der Waals surface area contributed by atoms with E-state index in [1.54, 1.807) is 13.8 Å². The Labute approximate surface area is 204 Å². The predicted octanol–water partition coefficient (Wildman–Crippen LogP) is 4.22. The second-order valence-electron chi connectivity index (χ2n) is 8.32. The number of nitrogens with zero attached hydrogens (tertiary/aromatic N) is 4. The van der Waals surface area contributed by atoms with Gasteiger partial charge in [-0.15, -0.1) is 0 Å². The van der Waals surface area contributed by atoms with Crippen molar-refractivity contribution in [3.05, 3.63) is 66.3 Å². The average molecular weight is 494 g/mol. The lowest BCUT2D eigenvalue weighted by molar-refractivity contribution is -0.0500. The average Bonchev–Trinajstić information content (AvgIpc) is 3.67. The molecule has 1 saturated heterocycles. The van der Waals surface area contributed by atoms with Crippen LogP contribution in [0.15, 0.2) is 62.4 Å². The summed E-state index contributed by atoms with van der Waals surface area (Å²) < 4.78 is 32.4. The largest absolute Gasteiger partial charge is 0.464 e. The Morgan fingerprint density at radius 3 is 2.47 bits per heavy atom. The second kappa shape index (κ2) is 9.30. The lowest BCUT2D eigenvalue weighted by atomic mass is 10.2. The molecule has 1 aromatic carbocycles. The Morgan fingerprint density at radius 1 is 1.00 bits per heavy atom. The molecule has 1 amide bonds. The van der Waals surface area contributed by atoms with E-state index in [9.17, 15) is 9.59 Å². The number of benzene rings is 1. The molecule has 12 nitrogen and oxygen atoms in total. The maximum Gasteiger partial charge on any atom is 0.413 e. The number of carbonyl (C=O) groups is 2. The Kier molecular flexibility index (Phi) is 6.02. The minimum atomic E-state index is -0.939. The molecule has 1 fully saturated rings. The van der Waals surface area contributed by atoms with Crippen LogP contribution < -0.4 is 0 Å². The number of ether oxygens (including phenoxy) is 3. The van der Waals surface area contributed by atoms with Gasteiger partial charge in [0.25, 0.3) is 0 Å². The summed E-state index contributed by atoms with van der Waals surface area (Å²) in [5.74, 6) is -0.193. The first-order chi connectivity index (χ1) is 17.4. The number of aromatic nitrogens is 3. The highest BCUT2D eigenvalue weighted by molar-refractivity contribution is 5.87. The van der Waals surface area contributed by atoms with Gasteiger partial charge in [-0.2, -0.15) is 0 Å². The van der Waals surface area contributed by atoms with Crippen LogP contribution in [0.2, 0.25) is 0 Å². The van der Waals surface area contributed by atoms with Crippen LogP contribution in [0.3, 0.4) is 0 Å². The molecule has 1 atom stereocenters. The summed E-state index contributed by atoms with van der Waals surface area (Å²) in [5, 5.41) is 0. The van der Waals surface area contributed by atoms with E-state index < -0.39 is 23.8 Å². The van der Waals surface area contributed by atoms with E-state index in [1.165, 1.54) is 24.5 Å². The number of esters is 1. The molecule has 0 bridgehead atoms. The van der Waals surface area contributed by atoms with Crippen LogP contribution in [0.1, 0.15) is 41.8 Å². The lowest BCUT2D eigenvalue weighted by Crippen LogP contribution is -2.45. The summed E-state index contributed by atoms with van der Waals surface area (Å²) in [6.07, 6.45) is 3.27. The van der Waals surface area contributed by atoms with Gasteiger partial charge >= 0.3 is 12.1 Å². The maximum atomic E-state index is 13.0. The second-order valence-corrected chi connectivity index (χ2v) is 8.32. The summed E-state index contributed by atoms with van der Waals surface area (Å²) in [6.45, 7) is 3.81. The van der Waals surface area contributed by atoms with E-state index in [0.29, 0.717) is 5.69 Å². The molecule has 0 unspecified atom stereocenters. The Morgan fingerprint density at radius 2 is 1.69 bits per heavy atom. The van der Waals surface area contributed by atoms with Gasteiger partial charge in [-0.3, -0.25) is 4.90 Å². The Hall–Kier alpha value is -4.45. The van der Waals surface area contributed by atoms with Crippen LogP contribution in [-0.4, -0.2) is 51.4 Å². The molecule has 0 spiro atoms. The smallest absolute Gasteiger partial charge is 0.413 e. The summed E-state index contributed by atoms with van der Waals surface area (Å²) in [4.78, 5) is 38.8. The molecule has 0 N–H and O–H groups in total. The van der Waals surface area contributed by atoms with E-state index >= 15 is 0 Å². The topological polar surface area (TPSA) is 143 Å². The van der Waals surface area contributed by atoms with Gasteiger partial charge in [0.15, 0.2) is 17.1 Å². The molecule has 0 saturated carbocycles. The SMILES string of the molecule is COC(=O)c1coc(-c2coc(-c3coc([C@@H]4COC(C)(C)N4C(=O)OCc4ccccc4)n3)n2)n1. The van der Waals surface area contributed by atoms with Crippen LogP contribution in [0, 0.1) is 0 Å². The van der Waals surface area contributed by atoms with Crippen molar-refractivity contribution in [3.63, 3.8) is 0 Å². The molecule has 4 heterocycles. The van der Waals surface area contributed by atoms with Crippen LogP contribution in [-0.2, 0) is 20.8 Å². The maximum absolute atomic E-state index is 13.0. The van der Waals surface area contributed by atoms with Crippen molar-refractivity contribution in [2.75, 3.05) is 13.7 Å². The first-order valence-electron chi connectivity index (χ1n) is 10.9. The summed E-state index contributed by atoms with van der Waals surface area (Å²) in [5.41, 5.74) is 0.470. The monoisotopic (exact) mass is 494 g/mol. The van der Waals surface area contributed by atoms with Gasteiger partial charge in [-0.05, 0) is 19.4 Å². The first kappa shape index (κ1) is 23.3. The van der Waals surface area contributed by atoms with Gasteiger partial charge in [0, 0.05) is 0 Å². The number of carbonyl (C=O) groups excluding carboxylic acids is 2. The highest BCUT2D eigenvalue weighted by Gasteiger charge is 2.47. The molecule has 1 aliphatic heterocycles. The number of methoxy groups -OCH3 is 1. The van der Waals surface area contributed by atoms with E-state index in [2.05, 4.69) is 19.7 Å². The van der Waals surface area contributed by atoms with E-state index in [-0.39, 0.29) is 42.3 Å². The molecule has 0 aliphatic carbocycles. The van der Waals surface area contributed by atoms with Crippen molar-refractivity contribution in [2.45, 2.75) is 32.2 Å². The molecule has 5 rings (SSSR count). The standard InChI is InChI=1S/C24H22N4O8/c1-24(2)28(23(30)35-9-14-7-5-4-6-8-14)18(13-36-24)21-26-16(11-34-21)19-25-15(10-32-19)20-27-17(12-33-20)22(29)31-3/h4-8,10-12,18H,9,13H2,1-3H3/t18-/m0/s1. The first-order valence-corrected chi connectivity index (χ1v) is 10.9. The highest BCUT2D eigenvalue weighted by atomic mass is 16.6. The number of rotatable bonds is 6. The van der Waals surface area contributed by atoms with Crippen molar-refractivity contribution in [3.8, 4) is 23.2 Å². The van der Waals surface area contributed by atoms with Crippen molar-refractivity contribution < 1.29 is 37.1 Å². The molecule has 36 heavy (non-hydrogen) atoms. The van der Waals surface area contributed by atoms with Crippen LogP contribution in [0.4, 0.5) is 4.79 Å². The van der Waals surface area contributed by atoms with Crippen LogP contribution in [0.25, 0.3) is 23.2 Å². The van der Waals surface area contributed by atoms with Crippen LogP contribution >= 0.6 is 0 Å². The predicted molar refractivity (Wildman–Crippen MR) is 120 cm³/mol. The minimum absolute atomic E-state index is 0.00358. The quantitative estimate of drug-likeness (QED) is 0.355. The van der Waals surface area contributed by atoms with Crippen molar-refractivity contribution >= 4 is 12.1 Å². The van der Waals surface area contributed by atoms with Crippen molar-refractivity contribution in [1.82, 2.24) is 19.9 Å². The fourth-order valence-corrected chi connectivity index (χ4v) is 3.74. The van der Waals surface area contributed by atoms with E-state index in [1.807, 2.05) is 30.3 Å². The van der Waals surface area contributed by atoms with E-state index in [4.69, 9.17) is 22.7 Å². The Bertz CT molecular complexity index is 1370. The van der Waals surface area contributed by atoms with Crippen LogP contribution in [0.5, 0.6) is 0 Å². The summed E-state index contributed by atoms with van der Waals surface area (Å²) >= 11 is 0. The van der Waals surface area contributed by atoms with Gasteiger partial charge in [-0.25, -0.2) is 24.5 Å². The molecule has 0 radical (unpaired) electrons. The zero-order valence-electron chi connectivity index (χ0n) is 19.7. The molecular formula is C24H22N4O8. The molecule has 1 aliphatic rings. The third-order valence-electron chi connectivity index (χ3n) is 5.54. The minimum Gasteiger partial charge on any atom is -0.464 e. The van der Waals surface area contributed by atoms with Gasteiger partial charge in [0.2, 0.25) is 17.7 Å². The molecule has 186 valence electrons. The molecule has 12 heteroatoms. The molecular weight excluding hydrogens is 472 g/mol. The van der Waals surface area contributed by atoms with Crippen molar-refractivity contribution in [2.24, 2.45) is 0 Å². The van der Waals surface area contributed by atoms with E-state index in [0.717, 1.165) is 11.8 Å². The zero-order chi connectivity index (χ0) is 25.3. The third kappa shape index (κ3) is 4.45. The normalized spacial score (nSPS) is 16.8. The van der Waals surface area contributed by atoms with Gasteiger partial charge in [0.05, 0.1) is 13.7 Å². The summed E-state index contributed by atoms with van der Waals surface area (Å²) in [6, 6.07) is 8.75. The number of hydrogen-bond acceptors (Lipinski definition) is 11. The number of hydrogen-bond donors (Lipinski definition) is 0. The highest BCUT2D eigenvalue weighted by Crippen LogP contribution is 2.38. The summed E-state index contributed by atoms with van der Waals surface area (Å²) in [7, 11) is 1.24. The van der Waals surface area contributed by atoms with Gasteiger partial charge in [-0.1, -0.05) is 30.3 Å². The Balaban J connectivity index is 1.32. The van der Waals surface area contributed by atoms with Crippen molar-refractivity contribution in [1.29, 1.82) is 0 Å². The molecule has 3 aromatic heterocycles. The van der Waals surface area contributed by atoms with Gasteiger partial charge in [0.1, 0.15) is 37.2 Å². The molecule has 4 aromatic rings. The number of oxazole rings is 3. The fourth-order valence-electron chi connectivity index (χ4n) is 3.74. The third-order valence-corrected chi connectivity index (χ3v) is 5.54. The zero-order valence-corrected chi connectivity index (χ0v) is 19.7. The van der Waals surface area contributed by atoms with Gasteiger partial charge < -0.3 is 27.5 Å². The number of amides is 1. The lowest BCUT2D eigenvalue weighted by Gasteiger charge is -2.31. The fraction of sp³-hybridized carbons (Fsp3) is 0.292.